The topological polar surface area (TPSA) is 26.7 Å². The van der Waals surface area contributed by atoms with Gasteiger partial charge in [0.2, 0.25) is 0 Å². The Morgan fingerprint density at radius 3 is 2.90 bits per heavy atom. The van der Waals surface area contributed by atoms with Crippen LogP contribution in [0.5, 0.6) is 5.75 Å². The first-order valence-corrected chi connectivity index (χ1v) is 7.91. The van der Waals surface area contributed by atoms with Crippen molar-refractivity contribution in [3.8, 4) is 5.75 Å². The van der Waals surface area contributed by atoms with E-state index in [0.29, 0.717) is 17.8 Å². The molecule has 2 atom stereocenters. The number of aromatic hydroxyl groups is 1. The molecule has 110 valence electrons. The van der Waals surface area contributed by atoms with E-state index in [2.05, 4.69) is 29.8 Å². The second-order valence-electron chi connectivity index (χ2n) is 6.49. The molecule has 1 aromatic rings. The number of hydrogen-bond acceptors (Lipinski definition) is 3. The molecule has 3 heteroatoms. The molecule has 1 aliphatic heterocycles. The second kappa shape index (κ2) is 5.74. The number of rotatable bonds is 1. The van der Waals surface area contributed by atoms with Crippen molar-refractivity contribution in [1.29, 1.82) is 0 Å². The highest BCUT2D eigenvalue weighted by molar-refractivity contribution is 5.38. The number of hydrogen-bond donors (Lipinski definition) is 1. The normalized spacial score (nSPS) is 28.9. The highest BCUT2D eigenvalue weighted by atomic mass is 16.3. The van der Waals surface area contributed by atoms with Gasteiger partial charge in [0.05, 0.1) is 0 Å². The van der Waals surface area contributed by atoms with Crippen LogP contribution in [-0.2, 0) is 6.42 Å². The van der Waals surface area contributed by atoms with E-state index in [0.717, 1.165) is 13.0 Å². The SMILES string of the molecule is CC1CN(C)CCCN1C1CCCc2ccc(O)cc21. The zero-order chi connectivity index (χ0) is 14.1. The average Bonchev–Trinajstić information content (AvgIpc) is 2.59. The van der Waals surface area contributed by atoms with E-state index in [1.807, 2.05) is 12.1 Å². The van der Waals surface area contributed by atoms with Gasteiger partial charge in [-0.3, -0.25) is 4.90 Å². The summed E-state index contributed by atoms with van der Waals surface area (Å²) in [4.78, 5) is 5.11. The Bertz CT molecular complexity index is 474. The van der Waals surface area contributed by atoms with E-state index in [-0.39, 0.29) is 0 Å². The second-order valence-corrected chi connectivity index (χ2v) is 6.49. The van der Waals surface area contributed by atoms with E-state index in [4.69, 9.17) is 0 Å². The number of aryl methyl sites for hydroxylation is 1. The Morgan fingerprint density at radius 2 is 2.05 bits per heavy atom. The molecule has 3 nitrogen and oxygen atoms in total. The van der Waals surface area contributed by atoms with Gasteiger partial charge in [-0.25, -0.2) is 0 Å². The van der Waals surface area contributed by atoms with Gasteiger partial charge in [0, 0.05) is 25.2 Å². The number of nitrogens with zero attached hydrogens (tertiary/aromatic N) is 2. The Kier molecular flexibility index (Phi) is 3.99. The maximum absolute atomic E-state index is 9.84. The first-order chi connectivity index (χ1) is 9.65. The van der Waals surface area contributed by atoms with Gasteiger partial charge in [0.15, 0.2) is 0 Å². The van der Waals surface area contributed by atoms with Gasteiger partial charge in [0.25, 0.3) is 0 Å². The third kappa shape index (κ3) is 2.70. The van der Waals surface area contributed by atoms with Gasteiger partial charge in [-0.1, -0.05) is 6.07 Å². The minimum Gasteiger partial charge on any atom is -0.508 e. The van der Waals surface area contributed by atoms with Crippen LogP contribution in [0.15, 0.2) is 18.2 Å². The highest BCUT2D eigenvalue weighted by Gasteiger charge is 2.30. The van der Waals surface area contributed by atoms with Crippen LogP contribution < -0.4 is 0 Å². The average molecular weight is 274 g/mol. The van der Waals surface area contributed by atoms with E-state index < -0.39 is 0 Å². The monoisotopic (exact) mass is 274 g/mol. The predicted octanol–water partition coefficient (Wildman–Crippen LogP) is 2.80. The zero-order valence-electron chi connectivity index (χ0n) is 12.7. The molecule has 1 fully saturated rings. The number of phenols is 1. The van der Waals surface area contributed by atoms with Gasteiger partial charge in [0.1, 0.15) is 5.75 Å². The van der Waals surface area contributed by atoms with Gasteiger partial charge in [-0.15, -0.1) is 0 Å². The van der Waals surface area contributed by atoms with Crippen LogP contribution in [0.4, 0.5) is 0 Å². The van der Waals surface area contributed by atoms with Gasteiger partial charge >= 0.3 is 0 Å². The standard InChI is InChI=1S/C17H26N2O/c1-13-12-18(2)9-4-10-19(13)17-6-3-5-14-7-8-15(20)11-16(14)17/h7-8,11,13,17,20H,3-6,9-10,12H2,1-2H3. The van der Waals surface area contributed by atoms with Crippen LogP contribution in [0.2, 0.25) is 0 Å². The fourth-order valence-electron chi connectivity index (χ4n) is 3.96. The molecule has 20 heavy (non-hydrogen) atoms. The Hall–Kier alpha value is -1.06. The molecule has 2 aliphatic rings. The minimum atomic E-state index is 0.412. The molecule has 3 rings (SSSR count). The lowest BCUT2D eigenvalue weighted by atomic mass is 9.86. The van der Waals surface area contributed by atoms with Crippen molar-refractivity contribution in [3.05, 3.63) is 29.3 Å². The molecule has 1 aromatic carbocycles. The fourth-order valence-corrected chi connectivity index (χ4v) is 3.96. The highest BCUT2D eigenvalue weighted by Crippen LogP contribution is 2.37. The smallest absolute Gasteiger partial charge is 0.115 e. The van der Waals surface area contributed by atoms with Crippen LogP contribution in [-0.4, -0.2) is 47.6 Å². The summed E-state index contributed by atoms with van der Waals surface area (Å²) in [6.07, 6.45) is 4.89. The molecule has 1 heterocycles. The van der Waals surface area contributed by atoms with Crippen molar-refractivity contribution in [2.45, 2.75) is 44.7 Å². The summed E-state index contributed by atoms with van der Waals surface area (Å²) >= 11 is 0. The zero-order valence-corrected chi connectivity index (χ0v) is 12.7. The minimum absolute atomic E-state index is 0.412. The van der Waals surface area contributed by atoms with Crippen molar-refractivity contribution in [1.82, 2.24) is 9.80 Å². The predicted molar refractivity (Wildman–Crippen MR) is 82.1 cm³/mol. The van der Waals surface area contributed by atoms with Crippen molar-refractivity contribution in [2.75, 3.05) is 26.7 Å². The molecule has 0 aromatic heterocycles. The molecule has 0 amide bonds. The van der Waals surface area contributed by atoms with Crippen molar-refractivity contribution in [3.63, 3.8) is 0 Å². The lowest BCUT2D eigenvalue weighted by Gasteiger charge is -2.39. The fraction of sp³-hybridized carbons (Fsp3) is 0.647. The molecule has 1 N–H and O–H groups in total. The number of benzene rings is 1. The molecule has 2 unspecified atom stereocenters. The third-order valence-electron chi connectivity index (χ3n) is 4.91. The Labute approximate surface area is 122 Å². The van der Waals surface area contributed by atoms with Crippen LogP contribution in [0.25, 0.3) is 0 Å². The van der Waals surface area contributed by atoms with Crippen LogP contribution in [0.3, 0.4) is 0 Å². The van der Waals surface area contributed by atoms with Crippen molar-refractivity contribution >= 4 is 0 Å². The molecule has 0 saturated carbocycles. The molecule has 0 bridgehead atoms. The Balaban J connectivity index is 1.89. The molecular formula is C17H26N2O. The van der Waals surface area contributed by atoms with Crippen LogP contribution in [0.1, 0.15) is 43.4 Å². The summed E-state index contributed by atoms with van der Waals surface area (Å²) in [5, 5.41) is 9.84. The Morgan fingerprint density at radius 1 is 1.20 bits per heavy atom. The van der Waals surface area contributed by atoms with E-state index in [1.165, 1.54) is 43.5 Å². The summed E-state index contributed by atoms with van der Waals surface area (Å²) in [5.41, 5.74) is 2.80. The lowest BCUT2D eigenvalue weighted by molar-refractivity contribution is 0.129. The molecule has 1 saturated heterocycles. The summed E-state index contributed by atoms with van der Waals surface area (Å²) in [7, 11) is 2.22. The maximum atomic E-state index is 9.84. The largest absolute Gasteiger partial charge is 0.508 e. The summed E-state index contributed by atoms with van der Waals surface area (Å²) in [6, 6.07) is 7.03. The molecule has 0 spiro atoms. The number of phenolic OH excluding ortho intramolecular Hbond substituents is 1. The lowest BCUT2D eigenvalue weighted by Crippen LogP contribution is -2.41. The van der Waals surface area contributed by atoms with Crippen molar-refractivity contribution < 1.29 is 5.11 Å². The third-order valence-corrected chi connectivity index (χ3v) is 4.91. The molecular weight excluding hydrogens is 248 g/mol. The molecule has 1 aliphatic carbocycles. The van der Waals surface area contributed by atoms with Crippen LogP contribution in [0, 0.1) is 0 Å². The van der Waals surface area contributed by atoms with Crippen LogP contribution >= 0.6 is 0 Å². The van der Waals surface area contributed by atoms with E-state index >= 15 is 0 Å². The molecule has 0 radical (unpaired) electrons. The quantitative estimate of drug-likeness (QED) is 0.853. The van der Waals surface area contributed by atoms with Crippen molar-refractivity contribution in [2.24, 2.45) is 0 Å². The van der Waals surface area contributed by atoms with Gasteiger partial charge in [-0.05, 0) is 69.5 Å². The van der Waals surface area contributed by atoms with Gasteiger partial charge < -0.3 is 10.0 Å². The summed E-state index contributed by atoms with van der Waals surface area (Å²) in [5.74, 6) is 0.412. The number of fused-ring (bicyclic) bond motifs is 1. The number of likely N-dealkylation sites (N-methyl/N-ethyl adjacent to an activating group) is 1. The van der Waals surface area contributed by atoms with Gasteiger partial charge in [-0.2, -0.15) is 0 Å². The summed E-state index contributed by atoms with van der Waals surface area (Å²) in [6.45, 7) is 5.86. The maximum Gasteiger partial charge on any atom is 0.115 e. The van der Waals surface area contributed by atoms with E-state index in [9.17, 15) is 5.11 Å². The first-order valence-electron chi connectivity index (χ1n) is 7.91. The summed E-state index contributed by atoms with van der Waals surface area (Å²) < 4.78 is 0. The van der Waals surface area contributed by atoms with E-state index in [1.54, 1.807) is 0 Å². The first kappa shape index (κ1) is 13.9.